The molecule has 28 heavy (non-hydrogen) atoms. The van der Waals surface area contributed by atoms with Crippen LogP contribution >= 0.6 is 0 Å². The number of methoxy groups -OCH3 is 1. The molecule has 0 bridgehead atoms. The number of nitrogens with one attached hydrogen (secondary N) is 1. The predicted octanol–water partition coefficient (Wildman–Crippen LogP) is 1.49. The zero-order chi connectivity index (χ0) is 19.5. The van der Waals surface area contributed by atoms with Gasteiger partial charge < -0.3 is 19.5 Å². The first-order chi connectivity index (χ1) is 13.6. The van der Waals surface area contributed by atoms with Crippen LogP contribution in [0.4, 0.5) is 0 Å². The molecule has 1 N–H and O–H groups in total. The summed E-state index contributed by atoms with van der Waals surface area (Å²) < 4.78 is 5.30. The van der Waals surface area contributed by atoms with Crippen molar-refractivity contribution in [3.63, 3.8) is 0 Å². The third kappa shape index (κ3) is 3.99. The number of aromatic amines is 1. The van der Waals surface area contributed by atoms with Crippen LogP contribution in [0.3, 0.4) is 0 Å². The molecule has 2 aromatic rings. The number of hydrogen-bond acceptors (Lipinski definition) is 4. The number of fused-ring (bicyclic) bond motifs is 1. The first-order valence-electron chi connectivity index (χ1n) is 10.1. The van der Waals surface area contributed by atoms with Gasteiger partial charge in [0.05, 0.1) is 20.1 Å². The summed E-state index contributed by atoms with van der Waals surface area (Å²) in [6.45, 7) is 5.14. The maximum absolute atomic E-state index is 12.8. The van der Waals surface area contributed by atoms with Gasteiger partial charge >= 0.3 is 0 Å². The molecule has 0 spiro atoms. The van der Waals surface area contributed by atoms with Gasteiger partial charge in [0.2, 0.25) is 11.8 Å². The van der Waals surface area contributed by atoms with Crippen LogP contribution < -0.4 is 4.74 Å². The molecular weight excluding hydrogens is 356 g/mol. The van der Waals surface area contributed by atoms with Gasteiger partial charge in [0.25, 0.3) is 0 Å². The zero-order valence-electron chi connectivity index (χ0n) is 16.4. The maximum atomic E-state index is 12.8. The molecule has 2 fully saturated rings. The molecule has 1 aromatic heterocycles. The number of carbonyl (C=O) groups excluding carboxylic acids is 2. The van der Waals surface area contributed by atoms with Crippen LogP contribution in [-0.2, 0) is 16.0 Å². The summed E-state index contributed by atoms with van der Waals surface area (Å²) >= 11 is 0. The normalized spacial score (nSPS) is 18.0. The van der Waals surface area contributed by atoms with E-state index in [0.717, 1.165) is 61.2 Å². The monoisotopic (exact) mass is 384 g/mol. The van der Waals surface area contributed by atoms with Gasteiger partial charge in [0.1, 0.15) is 5.75 Å². The molecule has 2 aliphatic rings. The molecular formula is C21H28N4O3. The van der Waals surface area contributed by atoms with Crippen molar-refractivity contribution in [2.75, 3.05) is 52.9 Å². The Hall–Kier alpha value is -2.54. The quantitative estimate of drug-likeness (QED) is 0.848. The van der Waals surface area contributed by atoms with Crippen molar-refractivity contribution in [3.8, 4) is 5.75 Å². The number of carbonyl (C=O) groups is 2. The number of aromatic nitrogens is 1. The lowest BCUT2D eigenvalue weighted by Crippen LogP contribution is -2.51. The number of ether oxygens (including phenoxy) is 1. The maximum Gasteiger partial charge on any atom is 0.236 e. The summed E-state index contributed by atoms with van der Waals surface area (Å²) in [5, 5.41) is 1.03. The van der Waals surface area contributed by atoms with Crippen LogP contribution in [0.1, 0.15) is 18.4 Å². The van der Waals surface area contributed by atoms with Crippen LogP contribution in [0, 0.1) is 0 Å². The first-order valence-corrected chi connectivity index (χ1v) is 10.1. The Bertz CT molecular complexity index is 848. The topological polar surface area (TPSA) is 68.9 Å². The Labute approximate surface area is 165 Å². The number of piperazine rings is 1. The van der Waals surface area contributed by atoms with E-state index in [4.69, 9.17) is 4.74 Å². The van der Waals surface area contributed by atoms with Gasteiger partial charge in [-0.1, -0.05) is 0 Å². The summed E-state index contributed by atoms with van der Waals surface area (Å²) in [4.78, 5) is 34.4. The van der Waals surface area contributed by atoms with Crippen molar-refractivity contribution in [3.05, 3.63) is 30.0 Å². The highest BCUT2D eigenvalue weighted by molar-refractivity contribution is 5.89. The largest absolute Gasteiger partial charge is 0.497 e. The molecule has 3 heterocycles. The van der Waals surface area contributed by atoms with Gasteiger partial charge in [-0.05, 0) is 36.6 Å². The van der Waals surface area contributed by atoms with Crippen LogP contribution in [0.5, 0.6) is 5.75 Å². The molecule has 1 aromatic carbocycles. The standard InChI is InChI=1S/C21H28N4O3/c1-28-17-4-5-19-18(13-17)16(14-22-19)12-20(26)25-10-8-23(9-11-25)15-21(27)24-6-2-3-7-24/h4-5,13-14,22H,2-3,6-12,15H2,1H3. The lowest BCUT2D eigenvalue weighted by Gasteiger charge is -2.35. The minimum Gasteiger partial charge on any atom is -0.497 e. The second-order valence-corrected chi connectivity index (χ2v) is 7.65. The van der Waals surface area contributed by atoms with Gasteiger partial charge in [-0.3, -0.25) is 14.5 Å². The third-order valence-electron chi connectivity index (χ3n) is 5.86. The van der Waals surface area contributed by atoms with Crippen molar-refractivity contribution in [2.45, 2.75) is 19.3 Å². The minimum absolute atomic E-state index is 0.134. The van der Waals surface area contributed by atoms with Gasteiger partial charge in [-0.25, -0.2) is 0 Å². The van der Waals surface area contributed by atoms with Crippen LogP contribution in [0.25, 0.3) is 10.9 Å². The van der Waals surface area contributed by atoms with E-state index in [-0.39, 0.29) is 11.8 Å². The number of benzene rings is 1. The van der Waals surface area contributed by atoms with Gasteiger partial charge in [-0.2, -0.15) is 0 Å². The molecule has 0 unspecified atom stereocenters. The number of amides is 2. The molecule has 0 aliphatic carbocycles. The number of nitrogens with zero attached hydrogens (tertiary/aromatic N) is 3. The minimum atomic E-state index is 0.134. The van der Waals surface area contributed by atoms with E-state index in [0.29, 0.717) is 26.1 Å². The molecule has 2 amide bonds. The molecule has 150 valence electrons. The van der Waals surface area contributed by atoms with Crippen molar-refractivity contribution in [1.82, 2.24) is 19.7 Å². The zero-order valence-corrected chi connectivity index (χ0v) is 16.4. The molecule has 2 aliphatic heterocycles. The van der Waals surface area contributed by atoms with Crippen molar-refractivity contribution in [1.29, 1.82) is 0 Å². The molecule has 2 saturated heterocycles. The average molecular weight is 384 g/mol. The Morgan fingerprint density at radius 2 is 1.71 bits per heavy atom. The van der Waals surface area contributed by atoms with E-state index >= 15 is 0 Å². The Balaban J connectivity index is 1.31. The second-order valence-electron chi connectivity index (χ2n) is 7.65. The van der Waals surface area contributed by atoms with Crippen molar-refractivity contribution < 1.29 is 14.3 Å². The summed E-state index contributed by atoms with van der Waals surface area (Å²) in [6, 6.07) is 5.85. The van der Waals surface area contributed by atoms with Gasteiger partial charge in [-0.15, -0.1) is 0 Å². The van der Waals surface area contributed by atoms with E-state index in [1.807, 2.05) is 34.2 Å². The van der Waals surface area contributed by atoms with Crippen molar-refractivity contribution >= 4 is 22.7 Å². The Morgan fingerprint density at radius 1 is 1.00 bits per heavy atom. The summed E-state index contributed by atoms with van der Waals surface area (Å²) in [7, 11) is 1.65. The van der Waals surface area contributed by atoms with E-state index < -0.39 is 0 Å². The Kier molecular flexibility index (Phi) is 5.52. The highest BCUT2D eigenvalue weighted by atomic mass is 16.5. The second kappa shape index (κ2) is 8.22. The lowest BCUT2D eigenvalue weighted by atomic mass is 10.1. The SMILES string of the molecule is COc1ccc2[nH]cc(CC(=O)N3CCN(CC(=O)N4CCCC4)CC3)c2c1. The lowest BCUT2D eigenvalue weighted by molar-refractivity contribution is -0.134. The number of rotatable bonds is 5. The van der Waals surface area contributed by atoms with E-state index in [9.17, 15) is 9.59 Å². The third-order valence-corrected chi connectivity index (χ3v) is 5.86. The van der Waals surface area contributed by atoms with Gasteiger partial charge in [0, 0.05) is 56.4 Å². The fourth-order valence-corrected chi connectivity index (χ4v) is 4.12. The highest BCUT2D eigenvalue weighted by Crippen LogP contribution is 2.24. The van der Waals surface area contributed by atoms with E-state index in [1.165, 1.54) is 0 Å². The van der Waals surface area contributed by atoms with Gasteiger partial charge in [0.15, 0.2) is 0 Å². The molecule has 7 nitrogen and oxygen atoms in total. The molecule has 0 radical (unpaired) electrons. The van der Waals surface area contributed by atoms with Crippen molar-refractivity contribution in [2.24, 2.45) is 0 Å². The number of hydrogen-bond donors (Lipinski definition) is 1. The fraction of sp³-hybridized carbons (Fsp3) is 0.524. The van der Waals surface area contributed by atoms with Crippen LogP contribution in [0.2, 0.25) is 0 Å². The summed E-state index contributed by atoms with van der Waals surface area (Å²) in [5.74, 6) is 1.15. The molecule has 7 heteroatoms. The molecule has 4 rings (SSSR count). The van der Waals surface area contributed by atoms with Crippen LogP contribution in [-0.4, -0.2) is 84.4 Å². The first kappa shape index (κ1) is 18.8. The summed E-state index contributed by atoms with van der Waals surface area (Å²) in [5.41, 5.74) is 2.00. The summed E-state index contributed by atoms with van der Waals surface area (Å²) in [6.07, 6.45) is 4.52. The van der Waals surface area contributed by atoms with E-state index in [1.54, 1.807) is 7.11 Å². The smallest absolute Gasteiger partial charge is 0.236 e. The number of H-pyrrole nitrogens is 1. The van der Waals surface area contributed by atoms with Crippen LogP contribution in [0.15, 0.2) is 24.4 Å². The average Bonchev–Trinajstić information content (AvgIpc) is 3.39. The van der Waals surface area contributed by atoms with E-state index in [2.05, 4.69) is 9.88 Å². The molecule has 0 saturated carbocycles. The molecule has 0 atom stereocenters. The fourth-order valence-electron chi connectivity index (χ4n) is 4.12. The highest BCUT2D eigenvalue weighted by Gasteiger charge is 2.25. The number of likely N-dealkylation sites (tertiary alicyclic amines) is 1. The Morgan fingerprint density at radius 3 is 2.43 bits per heavy atom. The predicted molar refractivity (Wildman–Crippen MR) is 107 cm³/mol.